The first-order valence-corrected chi connectivity index (χ1v) is 7.40. The standard InChI is InChI=1S/C13H17BrClN3O/c1-8(7-19-3)6-18-12(9(2)15)17-11-4-10(14)5-16-13(11)18/h4-5,8-9H,6-7H2,1-3H3. The molecular weight excluding hydrogens is 330 g/mol. The Labute approximate surface area is 126 Å². The van der Waals surface area contributed by atoms with Crippen LogP contribution in [0.2, 0.25) is 0 Å². The molecular formula is C13H17BrClN3O. The van der Waals surface area contributed by atoms with E-state index in [-0.39, 0.29) is 5.38 Å². The number of hydrogen-bond acceptors (Lipinski definition) is 3. The highest BCUT2D eigenvalue weighted by Gasteiger charge is 2.17. The Balaban J connectivity index is 2.46. The third-order valence-corrected chi connectivity index (χ3v) is 3.51. The summed E-state index contributed by atoms with van der Waals surface area (Å²) in [6, 6.07) is 1.96. The van der Waals surface area contributed by atoms with Gasteiger partial charge in [-0.2, -0.15) is 0 Å². The van der Waals surface area contributed by atoms with Crippen molar-refractivity contribution in [3.63, 3.8) is 0 Å². The summed E-state index contributed by atoms with van der Waals surface area (Å²) in [5, 5.41) is -0.150. The minimum atomic E-state index is -0.150. The molecule has 4 nitrogen and oxygen atoms in total. The van der Waals surface area contributed by atoms with E-state index < -0.39 is 0 Å². The first-order valence-electron chi connectivity index (χ1n) is 6.17. The summed E-state index contributed by atoms with van der Waals surface area (Å²) in [6.45, 7) is 5.56. The molecule has 2 aromatic heterocycles. The molecule has 0 radical (unpaired) electrons. The van der Waals surface area contributed by atoms with Crippen LogP contribution in [-0.2, 0) is 11.3 Å². The van der Waals surface area contributed by atoms with E-state index >= 15 is 0 Å². The number of rotatable bonds is 5. The van der Waals surface area contributed by atoms with Crippen LogP contribution in [0.1, 0.15) is 25.0 Å². The van der Waals surface area contributed by atoms with Gasteiger partial charge in [0.1, 0.15) is 11.3 Å². The quantitative estimate of drug-likeness (QED) is 0.774. The van der Waals surface area contributed by atoms with Gasteiger partial charge in [-0.15, -0.1) is 11.6 Å². The number of imidazole rings is 1. The molecule has 6 heteroatoms. The van der Waals surface area contributed by atoms with Crippen LogP contribution in [0, 0.1) is 5.92 Å². The molecule has 0 spiro atoms. The molecule has 0 aliphatic rings. The van der Waals surface area contributed by atoms with E-state index in [0.717, 1.165) is 28.0 Å². The molecule has 2 atom stereocenters. The van der Waals surface area contributed by atoms with E-state index in [1.165, 1.54) is 0 Å². The normalized spacial score (nSPS) is 14.8. The lowest BCUT2D eigenvalue weighted by Crippen LogP contribution is -2.15. The highest BCUT2D eigenvalue weighted by Crippen LogP contribution is 2.26. The number of pyridine rings is 1. The summed E-state index contributed by atoms with van der Waals surface area (Å²) in [5.41, 5.74) is 1.73. The summed E-state index contributed by atoms with van der Waals surface area (Å²) < 4.78 is 8.20. The molecule has 2 aromatic rings. The largest absolute Gasteiger partial charge is 0.384 e. The second-order valence-electron chi connectivity index (χ2n) is 4.75. The van der Waals surface area contributed by atoms with Gasteiger partial charge in [-0.3, -0.25) is 0 Å². The average Bonchev–Trinajstić information content (AvgIpc) is 2.67. The molecule has 0 aliphatic carbocycles. The van der Waals surface area contributed by atoms with Gasteiger partial charge < -0.3 is 9.30 Å². The molecule has 0 saturated heterocycles. The maximum Gasteiger partial charge on any atom is 0.160 e. The lowest BCUT2D eigenvalue weighted by Gasteiger charge is -2.15. The Morgan fingerprint density at radius 2 is 2.21 bits per heavy atom. The zero-order valence-corrected chi connectivity index (χ0v) is 13.6. The van der Waals surface area contributed by atoms with Gasteiger partial charge in [0.2, 0.25) is 0 Å². The molecule has 0 aliphatic heterocycles. The number of alkyl halides is 1. The fourth-order valence-electron chi connectivity index (χ4n) is 2.14. The van der Waals surface area contributed by atoms with Gasteiger partial charge in [0.05, 0.1) is 12.0 Å². The van der Waals surface area contributed by atoms with Crippen LogP contribution in [-0.4, -0.2) is 28.3 Å². The van der Waals surface area contributed by atoms with Gasteiger partial charge in [-0.25, -0.2) is 9.97 Å². The highest BCUT2D eigenvalue weighted by atomic mass is 79.9. The van der Waals surface area contributed by atoms with E-state index in [9.17, 15) is 0 Å². The van der Waals surface area contributed by atoms with Gasteiger partial charge in [-0.05, 0) is 34.8 Å². The van der Waals surface area contributed by atoms with E-state index in [0.29, 0.717) is 12.5 Å². The van der Waals surface area contributed by atoms with E-state index in [1.54, 1.807) is 13.3 Å². The van der Waals surface area contributed by atoms with Gasteiger partial charge in [-0.1, -0.05) is 6.92 Å². The molecule has 19 heavy (non-hydrogen) atoms. The monoisotopic (exact) mass is 345 g/mol. The Bertz CT molecular complexity index is 570. The minimum absolute atomic E-state index is 0.150. The molecule has 0 saturated carbocycles. The van der Waals surface area contributed by atoms with Crippen molar-refractivity contribution in [3.8, 4) is 0 Å². The predicted molar refractivity (Wildman–Crippen MR) is 80.5 cm³/mol. The number of aromatic nitrogens is 3. The lowest BCUT2D eigenvalue weighted by molar-refractivity contribution is 0.151. The van der Waals surface area contributed by atoms with Crippen LogP contribution < -0.4 is 0 Å². The molecule has 0 aromatic carbocycles. The third-order valence-electron chi connectivity index (χ3n) is 2.88. The predicted octanol–water partition coefficient (Wildman–Crippen LogP) is 3.78. The van der Waals surface area contributed by atoms with E-state index in [4.69, 9.17) is 16.3 Å². The van der Waals surface area contributed by atoms with E-state index in [1.807, 2.05) is 13.0 Å². The van der Waals surface area contributed by atoms with Crippen LogP contribution in [0.5, 0.6) is 0 Å². The van der Waals surface area contributed by atoms with Crippen molar-refractivity contribution in [1.82, 2.24) is 14.5 Å². The molecule has 0 bridgehead atoms. The summed E-state index contributed by atoms with van der Waals surface area (Å²) >= 11 is 9.64. The Hall–Kier alpha value is -0.650. The number of ether oxygens (including phenoxy) is 1. The molecule has 0 fully saturated rings. The van der Waals surface area contributed by atoms with Crippen LogP contribution in [0.4, 0.5) is 0 Å². The van der Waals surface area contributed by atoms with Crippen molar-refractivity contribution in [2.45, 2.75) is 25.8 Å². The lowest BCUT2D eigenvalue weighted by atomic mass is 10.2. The Morgan fingerprint density at radius 1 is 1.47 bits per heavy atom. The van der Waals surface area contributed by atoms with Gasteiger partial charge in [0.25, 0.3) is 0 Å². The number of fused-ring (bicyclic) bond motifs is 1. The fraction of sp³-hybridized carbons (Fsp3) is 0.538. The minimum Gasteiger partial charge on any atom is -0.384 e. The van der Waals surface area contributed by atoms with Gasteiger partial charge in [0.15, 0.2) is 5.65 Å². The third kappa shape index (κ3) is 3.27. The molecule has 0 amide bonds. The SMILES string of the molecule is COCC(C)Cn1c(C(C)Cl)nc2cc(Br)cnc21. The molecule has 2 rings (SSSR count). The van der Waals surface area contributed by atoms with Crippen molar-refractivity contribution >= 4 is 38.7 Å². The zero-order chi connectivity index (χ0) is 14.0. The molecule has 2 unspecified atom stereocenters. The maximum atomic E-state index is 6.23. The Morgan fingerprint density at radius 3 is 2.84 bits per heavy atom. The first-order chi connectivity index (χ1) is 9.02. The van der Waals surface area contributed by atoms with Crippen molar-refractivity contribution in [2.24, 2.45) is 5.92 Å². The zero-order valence-electron chi connectivity index (χ0n) is 11.2. The first kappa shape index (κ1) is 14.8. The van der Waals surface area contributed by atoms with Crippen molar-refractivity contribution in [1.29, 1.82) is 0 Å². The van der Waals surface area contributed by atoms with E-state index in [2.05, 4.69) is 37.4 Å². The molecule has 2 heterocycles. The summed E-state index contributed by atoms with van der Waals surface area (Å²) in [4.78, 5) is 9.03. The van der Waals surface area contributed by atoms with Crippen LogP contribution in [0.15, 0.2) is 16.7 Å². The smallest absolute Gasteiger partial charge is 0.160 e. The van der Waals surface area contributed by atoms with Gasteiger partial charge in [0, 0.05) is 24.3 Å². The Kier molecular flexibility index (Phi) is 4.81. The van der Waals surface area contributed by atoms with Crippen molar-refractivity contribution in [2.75, 3.05) is 13.7 Å². The fourth-order valence-corrected chi connectivity index (χ4v) is 2.62. The second kappa shape index (κ2) is 6.20. The number of methoxy groups -OCH3 is 1. The average molecular weight is 347 g/mol. The van der Waals surface area contributed by atoms with Crippen molar-refractivity contribution < 1.29 is 4.74 Å². The summed E-state index contributed by atoms with van der Waals surface area (Å²) in [7, 11) is 1.71. The second-order valence-corrected chi connectivity index (χ2v) is 6.32. The van der Waals surface area contributed by atoms with Crippen LogP contribution in [0.3, 0.4) is 0 Å². The number of nitrogens with zero attached hydrogens (tertiary/aromatic N) is 3. The number of hydrogen-bond donors (Lipinski definition) is 0. The topological polar surface area (TPSA) is 39.9 Å². The van der Waals surface area contributed by atoms with Gasteiger partial charge >= 0.3 is 0 Å². The van der Waals surface area contributed by atoms with Crippen LogP contribution >= 0.6 is 27.5 Å². The van der Waals surface area contributed by atoms with Crippen LogP contribution in [0.25, 0.3) is 11.2 Å². The molecule has 0 N–H and O–H groups in total. The number of halogens is 2. The van der Waals surface area contributed by atoms with Crippen molar-refractivity contribution in [3.05, 3.63) is 22.6 Å². The maximum absolute atomic E-state index is 6.23. The highest BCUT2D eigenvalue weighted by molar-refractivity contribution is 9.10. The summed E-state index contributed by atoms with van der Waals surface area (Å²) in [6.07, 6.45) is 1.78. The summed E-state index contributed by atoms with van der Waals surface area (Å²) in [5.74, 6) is 1.23. The molecule has 104 valence electrons.